The summed E-state index contributed by atoms with van der Waals surface area (Å²) < 4.78 is 12.5. The summed E-state index contributed by atoms with van der Waals surface area (Å²) in [7, 11) is 0. The second kappa shape index (κ2) is 15.7. The van der Waals surface area contributed by atoms with E-state index in [4.69, 9.17) is 9.47 Å². The molecule has 0 aromatic heterocycles. The first kappa shape index (κ1) is 31.5. The molecule has 4 rings (SSSR count). The van der Waals surface area contributed by atoms with Gasteiger partial charge in [0.1, 0.15) is 0 Å². The minimum Gasteiger partial charge on any atom is -0.389 e. The lowest BCUT2D eigenvalue weighted by Crippen LogP contribution is -2.51. The van der Waals surface area contributed by atoms with Crippen LogP contribution in [0.1, 0.15) is 107 Å². The summed E-state index contributed by atoms with van der Waals surface area (Å²) in [5.74, 6) is 0. The van der Waals surface area contributed by atoms with Crippen molar-refractivity contribution in [2.75, 3.05) is 6.61 Å². The molecule has 1 aliphatic rings. The van der Waals surface area contributed by atoms with Crippen LogP contribution in [0.5, 0.6) is 0 Å². The van der Waals surface area contributed by atoms with Crippen molar-refractivity contribution in [3.63, 3.8) is 0 Å². The van der Waals surface area contributed by atoms with Crippen LogP contribution in [0.2, 0.25) is 0 Å². The third kappa shape index (κ3) is 8.77. The maximum absolute atomic E-state index is 12.0. The zero-order valence-electron chi connectivity index (χ0n) is 25.7. The highest BCUT2D eigenvalue weighted by atomic mass is 16.5. The van der Waals surface area contributed by atoms with Gasteiger partial charge in [-0.2, -0.15) is 0 Å². The molecule has 222 valence electrons. The van der Waals surface area contributed by atoms with E-state index in [0.717, 1.165) is 37.7 Å². The van der Waals surface area contributed by atoms with E-state index in [0.29, 0.717) is 19.8 Å². The van der Waals surface area contributed by atoms with Crippen molar-refractivity contribution in [1.82, 2.24) is 0 Å². The molecule has 0 radical (unpaired) electrons. The quantitative estimate of drug-likeness (QED) is 0.179. The summed E-state index contributed by atoms with van der Waals surface area (Å²) in [5, 5.41) is 12.0. The van der Waals surface area contributed by atoms with E-state index in [9.17, 15) is 5.11 Å². The monoisotopic (exact) mass is 556 g/mol. The standard InChI is InChI=1S/C38H52O3/c1-4-5-6-13-25-37(2,3)33-21-23-34(24-22-33)38(27-15-28-40-29-31-16-9-7-10-17-31)26-14-20-35(36(38)39)41-30-32-18-11-8-12-19-32/h7-12,16-19,21-24,35-36,39H,4-6,13-15,20,25-30H2,1-3H3. The van der Waals surface area contributed by atoms with E-state index in [1.165, 1.54) is 48.8 Å². The van der Waals surface area contributed by atoms with Crippen LogP contribution < -0.4 is 0 Å². The molecule has 1 N–H and O–H groups in total. The van der Waals surface area contributed by atoms with Crippen molar-refractivity contribution in [2.24, 2.45) is 0 Å². The molecule has 0 spiro atoms. The number of benzene rings is 3. The first-order valence-corrected chi connectivity index (χ1v) is 16.0. The fourth-order valence-electron chi connectivity index (χ4n) is 6.61. The molecule has 41 heavy (non-hydrogen) atoms. The lowest BCUT2D eigenvalue weighted by molar-refractivity contribution is -0.106. The summed E-state index contributed by atoms with van der Waals surface area (Å²) in [6.45, 7) is 8.85. The molecule has 3 nitrogen and oxygen atoms in total. The van der Waals surface area contributed by atoms with E-state index < -0.39 is 6.10 Å². The molecule has 0 aliphatic heterocycles. The topological polar surface area (TPSA) is 38.7 Å². The number of unbranched alkanes of at least 4 members (excludes halogenated alkanes) is 3. The number of hydrogen-bond donors (Lipinski definition) is 1. The van der Waals surface area contributed by atoms with E-state index in [1.54, 1.807) is 0 Å². The minimum atomic E-state index is -0.554. The lowest BCUT2D eigenvalue weighted by atomic mass is 9.63. The maximum Gasteiger partial charge on any atom is 0.0898 e. The van der Waals surface area contributed by atoms with Gasteiger partial charge in [-0.05, 0) is 66.2 Å². The fourth-order valence-corrected chi connectivity index (χ4v) is 6.61. The second-order valence-corrected chi connectivity index (χ2v) is 12.7. The van der Waals surface area contributed by atoms with Gasteiger partial charge in [-0.15, -0.1) is 0 Å². The molecule has 0 saturated heterocycles. The zero-order chi connectivity index (χ0) is 29.0. The minimum absolute atomic E-state index is 0.150. The molecule has 3 aromatic rings. The number of hydrogen-bond acceptors (Lipinski definition) is 3. The Morgan fingerprint density at radius 1 is 0.805 bits per heavy atom. The van der Waals surface area contributed by atoms with Crippen LogP contribution in [0.3, 0.4) is 0 Å². The van der Waals surface area contributed by atoms with Crippen molar-refractivity contribution in [3.8, 4) is 0 Å². The third-order valence-electron chi connectivity index (χ3n) is 9.26. The lowest BCUT2D eigenvalue weighted by Gasteiger charge is -2.46. The number of rotatable bonds is 16. The van der Waals surface area contributed by atoms with Crippen LogP contribution in [0.15, 0.2) is 84.9 Å². The van der Waals surface area contributed by atoms with Crippen LogP contribution in [-0.4, -0.2) is 23.9 Å². The van der Waals surface area contributed by atoms with Crippen molar-refractivity contribution in [1.29, 1.82) is 0 Å². The molecule has 0 bridgehead atoms. The Labute approximate surface area is 249 Å². The van der Waals surface area contributed by atoms with Gasteiger partial charge < -0.3 is 14.6 Å². The average Bonchev–Trinajstić information content (AvgIpc) is 3.00. The van der Waals surface area contributed by atoms with Gasteiger partial charge in [0, 0.05) is 12.0 Å². The Morgan fingerprint density at radius 2 is 1.46 bits per heavy atom. The normalized spacial score (nSPS) is 21.2. The summed E-state index contributed by atoms with van der Waals surface area (Å²) in [4.78, 5) is 0. The molecule has 1 fully saturated rings. The summed E-state index contributed by atoms with van der Waals surface area (Å²) in [6.07, 6.45) is 10.3. The molecular weight excluding hydrogens is 504 g/mol. The van der Waals surface area contributed by atoms with E-state index in [1.807, 2.05) is 24.3 Å². The third-order valence-corrected chi connectivity index (χ3v) is 9.26. The first-order chi connectivity index (χ1) is 19.9. The predicted molar refractivity (Wildman–Crippen MR) is 170 cm³/mol. The number of ether oxygens (including phenoxy) is 2. The molecule has 0 amide bonds. The summed E-state index contributed by atoms with van der Waals surface area (Å²) in [6, 6.07) is 29.9. The SMILES string of the molecule is CCCCCCC(C)(C)c1ccc(C2(CCCOCc3ccccc3)CCCC(OCc3ccccc3)C2O)cc1. The highest BCUT2D eigenvalue weighted by Crippen LogP contribution is 2.45. The Bertz CT molecular complexity index is 1130. The number of aliphatic hydroxyl groups is 1. The van der Waals surface area contributed by atoms with Crippen molar-refractivity contribution < 1.29 is 14.6 Å². The fraction of sp³-hybridized carbons (Fsp3) is 0.526. The van der Waals surface area contributed by atoms with Crippen molar-refractivity contribution in [3.05, 3.63) is 107 Å². The highest BCUT2D eigenvalue weighted by Gasteiger charge is 2.46. The van der Waals surface area contributed by atoms with Crippen molar-refractivity contribution >= 4 is 0 Å². The maximum atomic E-state index is 12.0. The molecule has 1 saturated carbocycles. The smallest absolute Gasteiger partial charge is 0.0898 e. The van der Waals surface area contributed by atoms with Gasteiger partial charge in [0.15, 0.2) is 0 Å². The Balaban J connectivity index is 1.47. The van der Waals surface area contributed by atoms with Crippen LogP contribution in [0, 0.1) is 0 Å². The largest absolute Gasteiger partial charge is 0.389 e. The molecule has 3 unspecified atom stereocenters. The predicted octanol–water partition coefficient (Wildman–Crippen LogP) is 9.30. The summed E-state index contributed by atoms with van der Waals surface area (Å²) >= 11 is 0. The highest BCUT2D eigenvalue weighted by molar-refractivity contribution is 5.35. The Kier molecular flexibility index (Phi) is 12.0. The molecule has 3 aromatic carbocycles. The zero-order valence-corrected chi connectivity index (χ0v) is 25.7. The number of aliphatic hydroxyl groups excluding tert-OH is 1. The van der Waals surface area contributed by atoms with E-state index >= 15 is 0 Å². The van der Waals surface area contributed by atoms with Crippen LogP contribution >= 0.6 is 0 Å². The van der Waals surface area contributed by atoms with Gasteiger partial charge in [-0.3, -0.25) is 0 Å². The molecule has 3 heteroatoms. The van der Waals surface area contributed by atoms with Crippen molar-refractivity contribution in [2.45, 2.75) is 121 Å². The Hall–Kier alpha value is -2.46. The van der Waals surface area contributed by atoms with E-state index in [2.05, 4.69) is 81.4 Å². The van der Waals surface area contributed by atoms with Gasteiger partial charge >= 0.3 is 0 Å². The van der Waals surface area contributed by atoms with Gasteiger partial charge in [-0.1, -0.05) is 131 Å². The van der Waals surface area contributed by atoms with Crippen LogP contribution in [0.25, 0.3) is 0 Å². The first-order valence-electron chi connectivity index (χ1n) is 16.0. The second-order valence-electron chi connectivity index (χ2n) is 12.7. The summed E-state index contributed by atoms with van der Waals surface area (Å²) in [5.41, 5.74) is 4.79. The molecule has 3 atom stereocenters. The molecular formula is C38H52O3. The average molecular weight is 557 g/mol. The Morgan fingerprint density at radius 3 is 2.12 bits per heavy atom. The van der Waals surface area contributed by atoms with Gasteiger partial charge in [0.25, 0.3) is 0 Å². The van der Waals surface area contributed by atoms with Gasteiger partial charge in [-0.25, -0.2) is 0 Å². The van der Waals surface area contributed by atoms with Gasteiger partial charge in [0.05, 0.1) is 25.4 Å². The van der Waals surface area contributed by atoms with Gasteiger partial charge in [0.2, 0.25) is 0 Å². The van der Waals surface area contributed by atoms with Crippen LogP contribution in [0.4, 0.5) is 0 Å². The van der Waals surface area contributed by atoms with E-state index in [-0.39, 0.29) is 16.9 Å². The molecule has 0 heterocycles. The molecule has 1 aliphatic carbocycles. The van der Waals surface area contributed by atoms with Crippen LogP contribution in [-0.2, 0) is 33.5 Å².